The average molecular weight is 488 g/mol. The van der Waals surface area contributed by atoms with Crippen LogP contribution in [0.3, 0.4) is 0 Å². The topological polar surface area (TPSA) is 125 Å². The lowest BCUT2D eigenvalue weighted by Gasteiger charge is -2.22. The van der Waals surface area contributed by atoms with Gasteiger partial charge in [-0.15, -0.1) is 0 Å². The maximum atomic E-state index is 13.0. The van der Waals surface area contributed by atoms with E-state index in [1.54, 1.807) is 26.1 Å². The third-order valence-corrected chi connectivity index (χ3v) is 6.69. The molecule has 1 aromatic carbocycles. The first-order valence-electron chi connectivity index (χ1n) is 10.7. The Hall–Kier alpha value is -3.44. The lowest BCUT2D eigenvalue weighted by molar-refractivity contribution is -0.148. The van der Waals surface area contributed by atoms with Gasteiger partial charge in [0.15, 0.2) is 11.5 Å². The summed E-state index contributed by atoms with van der Waals surface area (Å²) >= 11 is 0. The highest BCUT2D eigenvalue weighted by Crippen LogP contribution is 2.32. The Morgan fingerprint density at radius 1 is 1.15 bits per heavy atom. The molecule has 1 N–H and O–H groups in total. The van der Waals surface area contributed by atoms with E-state index in [1.165, 1.54) is 28.7 Å². The van der Waals surface area contributed by atoms with Gasteiger partial charge in [0.1, 0.15) is 31.5 Å². The van der Waals surface area contributed by atoms with Crippen molar-refractivity contribution in [1.82, 2.24) is 14.1 Å². The predicted molar refractivity (Wildman–Crippen MR) is 122 cm³/mol. The average Bonchev–Trinajstić information content (AvgIpc) is 2.81. The molecule has 10 nitrogen and oxygen atoms in total. The molecule has 0 spiro atoms. The molecule has 0 fully saturated rings. The second kappa shape index (κ2) is 9.43. The van der Waals surface area contributed by atoms with Crippen molar-refractivity contribution in [2.75, 3.05) is 13.2 Å². The number of carbonyl (C=O) groups is 1. The molecule has 11 heteroatoms. The zero-order valence-electron chi connectivity index (χ0n) is 19.0. The largest absolute Gasteiger partial charge is 0.486 e. The Morgan fingerprint density at radius 2 is 1.88 bits per heavy atom. The molecule has 0 radical (unpaired) electrons. The van der Waals surface area contributed by atoms with Gasteiger partial charge in [0, 0.05) is 18.3 Å². The number of pyridine rings is 1. The molecule has 0 aliphatic carbocycles. The number of esters is 1. The van der Waals surface area contributed by atoms with Crippen molar-refractivity contribution in [2.24, 2.45) is 5.92 Å². The molecule has 4 rings (SSSR count). The maximum absolute atomic E-state index is 13.0. The summed E-state index contributed by atoms with van der Waals surface area (Å²) in [5.74, 6) is -0.402. The van der Waals surface area contributed by atoms with Crippen LogP contribution in [0.4, 0.5) is 0 Å². The number of rotatable bonds is 7. The molecule has 0 unspecified atom stereocenters. The molecule has 2 aromatic heterocycles. The zero-order valence-corrected chi connectivity index (χ0v) is 19.8. The lowest BCUT2D eigenvalue weighted by Crippen LogP contribution is -2.45. The van der Waals surface area contributed by atoms with E-state index in [9.17, 15) is 18.0 Å². The van der Waals surface area contributed by atoms with E-state index in [1.807, 2.05) is 13.0 Å². The SMILES string of the molecule is Cc1ccc2nc(COC(=O)[C@H](NS(=O)(=O)c3ccc4c(c3)OCCO4)C(C)C)cc(=O)n2c1. The Bertz CT molecular complexity index is 1400. The number of benzene rings is 1. The highest BCUT2D eigenvalue weighted by molar-refractivity contribution is 7.89. The van der Waals surface area contributed by atoms with Gasteiger partial charge in [0.25, 0.3) is 5.56 Å². The number of sulfonamides is 1. The number of nitrogens with one attached hydrogen (secondary N) is 1. The molecular weight excluding hydrogens is 462 g/mol. The Morgan fingerprint density at radius 3 is 2.62 bits per heavy atom. The van der Waals surface area contributed by atoms with Gasteiger partial charge in [-0.3, -0.25) is 14.0 Å². The number of aromatic nitrogens is 2. The number of aryl methyl sites for hydroxylation is 1. The number of fused-ring (bicyclic) bond motifs is 2. The van der Waals surface area contributed by atoms with Crippen LogP contribution in [0, 0.1) is 12.8 Å². The molecule has 3 aromatic rings. The minimum absolute atomic E-state index is 0.0605. The summed E-state index contributed by atoms with van der Waals surface area (Å²) in [4.78, 5) is 29.4. The predicted octanol–water partition coefficient (Wildman–Crippen LogP) is 1.82. The normalized spacial score (nSPS) is 14.2. The first-order chi connectivity index (χ1) is 16.1. The standard InChI is InChI=1S/C23H25N3O7S/c1-14(2)22(25-34(29,30)17-5-6-18-19(11-17)32-9-8-31-18)23(28)33-13-16-10-21(27)26-12-15(3)4-7-20(26)24-16/h4-7,10-12,14,22,25H,8-9,13H2,1-3H3/t22-/m1/s1. The van der Waals surface area contributed by atoms with E-state index in [2.05, 4.69) is 9.71 Å². The van der Waals surface area contributed by atoms with Crippen LogP contribution >= 0.6 is 0 Å². The Kier molecular flexibility index (Phi) is 6.58. The van der Waals surface area contributed by atoms with Crippen LogP contribution in [0.1, 0.15) is 25.1 Å². The van der Waals surface area contributed by atoms with Gasteiger partial charge in [-0.05, 0) is 36.6 Å². The summed E-state index contributed by atoms with van der Waals surface area (Å²) < 4.78 is 45.9. The Labute approximate surface area is 196 Å². The van der Waals surface area contributed by atoms with E-state index in [-0.39, 0.29) is 22.8 Å². The molecule has 180 valence electrons. The van der Waals surface area contributed by atoms with E-state index in [4.69, 9.17) is 14.2 Å². The van der Waals surface area contributed by atoms with Crippen LogP contribution in [-0.4, -0.2) is 43.0 Å². The quantitative estimate of drug-likeness (QED) is 0.501. The van der Waals surface area contributed by atoms with Crippen molar-refractivity contribution in [1.29, 1.82) is 0 Å². The highest BCUT2D eigenvalue weighted by atomic mass is 32.2. The second-order valence-electron chi connectivity index (χ2n) is 8.28. The molecular formula is C23H25N3O7S. The van der Waals surface area contributed by atoms with E-state index in [0.717, 1.165) is 5.56 Å². The Balaban J connectivity index is 1.49. The van der Waals surface area contributed by atoms with Crippen molar-refractivity contribution in [2.45, 2.75) is 38.3 Å². The van der Waals surface area contributed by atoms with Crippen molar-refractivity contribution in [3.8, 4) is 11.5 Å². The first-order valence-corrected chi connectivity index (χ1v) is 12.2. The fourth-order valence-electron chi connectivity index (χ4n) is 3.45. The van der Waals surface area contributed by atoms with Gasteiger partial charge in [0.2, 0.25) is 10.0 Å². The minimum atomic E-state index is -4.06. The van der Waals surface area contributed by atoms with Crippen LogP contribution in [0.2, 0.25) is 0 Å². The highest BCUT2D eigenvalue weighted by Gasteiger charge is 2.30. The van der Waals surface area contributed by atoms with Gasteiger partial charge in [-0.2, -0.15) is 4.72 Å². The van der Waals surface area contributed by atoms with E-state index >= 15 is 0 Å². The van der Waals surface area contributed by atoms with Crippen molar-refractivity contribution in [3.05, 3.63) is 64.2 Å². The number of hydrogen-bond acceptors (Lipinski definition) is 8. The second-order valence-corrected chi connectivity index (χ2v) is 9.99. The van der Waals surface area contributed by atoms with Crippen LogP contribution in [0.5, 0.6) is 11.5 Å². The zero-order chi connectivity index (χ0) is 24.5. The van der Waals surface area contributed by atoms with Gasteiger partial charge in [-0.1, -0.05) is 19.9 Å². The van der Waals surface area contributed by atoms with Crippen LogP contribution in [0.25, 0.3) is 5.65 Å². The van der Waals surface area contributed by atoms with Gasteiger partial charge in [0.05, 0.1) is 10.6 Å². The summed E-state index contributed by atoms with van der Waals surface area (Å²) in [5.41, 5.74) is 1.28. The summed E-state index contributed by atoms with van der Waals surface area (Å²) in [6.45, 7) is 5.68. The van der Waals surface area contributed by atoms with Gasteiger partial charge in [-0.25, -0.2) is 13.4 Å². The van der Waals surface area contributed by atoms with Crippen molar-refractivity contribution < 1.29 is 27.4 Å². The van der Waals surface area contributed by atoms with Crippen molar-refractivity contribution >= 4 is 21.6 Å². The summed E-state index contributed by atoms with van der Waals surface area (Å²) in [7, 11) is -4.06. The number of ether oxygens (including phenoxy) is 3. The van der Waals surface area contributed by atoms with Crippen LogP contribution in [-0.2, 0) is 26.2 Å². The van der Waals surface area contributed by atoms with Crippen LogP contribution in [0.15, 0.2) is 52.3 Å². The minimum Gasteiger partial charge on any atom is -0.486 e. The molecule has 1 aliphatic rings. The van der Waals surface area contributed by atoms with Crippen molar-refractivity contribution in [3.63, 3.8) is 0 Å². The number of hydrogen-bond donors (Lipinski definition) is 1. The van der Waals surface area contributed by atoms with Gasteiger partial charge < -0.3 is 14.2 Å². The molecule has 34 heavy (non-hydrogen) atoms. The fraction of sp³-hybridized carbons (Fsp3) is 0.348. The monoisotopic (exact) mass is 487 g/mol. The number of nitrogens with zero attached hydrogens (tertiary/aromatic N) is 2. The maximum Gasteiger partial charge on any atom is 0.324 e. The smallest absolute Gasteiger partial charge is 0.324 e. The van der Waals surface area contributed by atoms with Crippen LogP contribution < -0.4 is 19.8 Å². The fourth-order valence-corrected chi connectivity index (χ4v) is 4.80. The molecule has 1 aliphatic heterocycles. The first kappa shape index (κ1) is 23.7. The summed E-state index contributed by atoms with van der Waals surface area (Å²) in [5, 5.41) is 0. The lowest BCUT2D eigenvalue weighted by atomic mass is 10.1. The summed E-state index contributed by atoms with van der Waals surface area (Å²) in [6.07, 6.45) is 1.67. The molecule has 1 atom stereocenters. The third-order valence-electron chi connectivity index (χ3n) is 5.25. The van der Waals surface area contributed by atoms with E-state index in [0.29, 0.717) is 30.4 Å². The third kappa shape index (κ3) is 5.05. The molecule has 0 saturated heterocycles. The molecule has 0 saturated carbocycles. The molecule has 0 amide bonds. The van der Waals surface area contributed by atoms with Gasteiger partial charge >= 0.3 is 5.97 Å². The molecule has 3 heterocycles. The summed E-state index contributed by atoms with van der Waals surface area (Å²) in [6, 6.07) is 7.89. The molecule has 0 bridgehead atoms. The number of carbonyl (C=O) groups excluding carboxylic acids is 1. The van der Waals surface area contributed by atoms with E-state index < -0.39 is 28.0 Å².